The van der Waals surface area contributed by atoms with Crippen molar-refractivity contribution in [3.8, 4) is 17.1 Å². The van der Waals surface area contributed by atoms with E-state index in [0.717, 1.165) is 5.56 Å². The van der Waals surface area contributed by atoms with Gasteiger partial charge in [0.15, 0.2) is 11.0 Å². The Balaban J connectivity index is 1.90. The molecule has 1 aliphatic rings. The third kappa shape index (κ3) is 2.18. The van der Waals surface area contributed by atoms with Gasteiger partial charge in [0, 0.05) is 6.07 Å². The van der Waals surface area contributed by atoms with Crippen LogP contribution in [0.2, 0.25) is 5.02 Å². The van der Waals surface area contributed by atoms with Gasteiger partial charge in [-0.3, -0.25) is 4.79 Å². The number of hydrogen-bond acceptors (Lipinski definition) is 3. The molecule has 110 valence electrons. The van der Waals surface area contributed by atoms with Crippen molar-refractivity contribution >= 4 is 22.6 Å². The fraction of sp³-hybridized carbons (Fsp3) is 0.167. The number of phenolic OH excluding ortho intramolecular Hbond substituents is 1. The van der Waals surface area contributed by atoms with Crippen LogP contribution in [0.1, 0.15) is 24.3 Å². The van der Waals surface area contributed by atoms with Crippen molar-refractivity contribution in [2.45, 2.75) is 18.8 Å². The summed E-state index contributed by atoms with van der Waals surface area (Å²) in [6.07, 6.45) is 2.33. The van der Waals surface area contributed by atoms with Crippen molar-refractivity contribution < 1.29 is 9.52 Å². The third-order valence-corrected chi connectivity index (χ3v) is 4.34. The van der Waals surface area contributed by atoms with Gasteiger partial charge < -0.3 is 9.52 Å². The normalized spacial score (nSPS) is 14.4. The van der Waals surface area contributed by atoms with Crippen molar-refractivity contribution in [3.63, 3.8) is 0 Å². The van der Waals surface area contributed by atoms with Gasteiger partial charge in [-0.25, -0.2) is 0 Å². The zero-order valence-corrected chi connectivity index (χ0v) is 12.4. The highest BCUT2D eigenvalue weighted by Gasteiger charge is 2.24. The van der Waals surface area contributed by atoms with E-state index in [9.17, 15) is 9.90 Å². The molecule has 1 fully saturated rings. The maximum Gasteiger partial charge on any atom is 0.193 e. The molecular formula is C18H13ClO3. The molecule has 1 aromatic heterocycles. The van der Waals surface area contributed by atoms with Gasteiger partial charge in [0.1, 0.15) is 11.5 Å². The van der Waals surface area contributed by atoms with Crippen LogP contribution >= 0.6 is 11.6 Å². The molecule has 4 rings (SSSR count). The molecule has 0 saturated heterocycles. The van der Waals surface area contributed by atoms with Crippen molar-refractivity contribution in [1.29, 1.82) is 0 Å². The van der Waals surface area contributed by atoms with Gasteiger partial charge >= 0.3 is 0 Å². The minimum absolute atomic E-state index is 0.124. The van der Waals surface area contributed by atoms with E-state index < -0.39 is 0 Å². The van der Waals surface area contributed by atoms with Crippen LogP contribution in [0.15, 0.2) is 51.7 Å². The number of benzene rings is 2. The minimum Gasteiger partial charge on any atom is -0.507 e. The fourth-order valence-corrected chi connectivity index (χ4v) is 2.92. The number of fused-ring (bicyclic) bond motifs is 1. The standard InChI is InChI=1S/C18H13ClO3/c19-14-3-1-2-13-16(21)9-17(22-18(13)14)12-7-6-11(8-15(12)20)10-4-5-10/h1-3,6-10,20H,4-5H2. The van der Waals surface area contributed by atoms with Crippen molar-refractivity contribution in [2.24, 2.45) is 0 Å². The summed E-state index contributed by atoms with van der Waals surface area (Å²) in [4.78, 5) is 12.2. The largest absolute Gasteiger partial charge is 0.507 e. The molecule has 3 aromatic rings. The highest BCUT2D eigenvalue weighted by Crippen LogP contribution is 2.43. The average molecular weight is 313 g/mol. The second kappa shape index (κ2) is 4.89. The van der Waals surface area contributed by atoms with Crippen LogP contribution in [-0.2, 0) is 0 Å². The lowest BCUT2D eigenvalue weighted by Crippen LogP contribution is -2.00. The van der Waals surface area contributed by atoms with E-state index in [1.54, 1.807) is 30.3 Å². The monoisotopic (exact) mass is 312 g/mol. The van der Waals surface area contributed by atoms with Crippen molar-refractivity contribution in [2.75, 3.05) is 0 Å². The number of aromatic hydroxyl groups is 1. The van der Waals surface area contributed by atoms with E-state index in [0.29, 0.717) is 33.2 Å². The SMILES string of the molecule is O=c1cc(-c2ccc(C3CC3)cc2O)oc2c(Cl)cccc12. The second-order valence-electron chi connectivity index (χ2n) is 5.64. The van der Waals surface area contributed by atoms with Crippen LogP contribution < -0.4 is 5.43 Å². The number of halogens is 1. The van der Waals surface area contributed by atoms with Gasteiger partial charge in [0.05, 0.1) is 16.0 Å². The Labute approximate surface area is 131 Å². The summed E-state index contributed by atoms with van der Waals surface area (Å²) in [5.74, 6) is 1.00. The van der Waals surface area contributed by atoms with Crippen molar-refractivity contribution in [1.82, 2.24) is 0 Å². The summed E-state index contributed by atoms with van der Waals surface area (Å²) in [7, 11) is 0. The minimum atomic E-state index is -0.176. The first-order chi connectivity index (χ1) is 10.6. The molecule has 1 saturated carbocycles. The fourth-order valence-electron chi connectivity index (χ4n) is 2.70. The number of phenols is 1. The average Bonchev–Trinajstić information content (AvgIpc) is 3.33. The molecule has 0 unspecified atom stereocenters. The lowest BCUT2D eigenvalue weighted by molar-refractivity contribution is 0.473. The lowest BCUT2D eigenvalue weighted by atomic mass is 10.0. The maximum atomic E-state index is 12.2. The highest BCUT2D eigenvalue weighted by atomic mass is 35.5. The Morgan fingerprint density at radius 2 is 1.95 bits per heavy atom. The van der Waals surface area contributed by atoms with Crippen LogP contribution in [0.25, 0.3) is 22.3 Å². The van der Waals surface area contributed by atoms with Gasteiger partial charge in [-0.05, 0) is 48.6 Å². The highest BCUT2D eigenvalue weighted by molar-refractivity contribution is 6.34. The molecule has 0 spiro atoms. The molecule has 1 N–H and O–H groups in total. The van der Waals surface area contributed by atoms with E-state index in [1.807, 2.05) is 6.07 Å². The summed E-state index contributed by atoms with van der Waals surface area (Å²) in [5.41, 5.74) is 1.80. The van der Waals surface area contributed by atoms with Gasteiger partial charge in [-0.1, -0.05) is 23.7 Å². The van der Waals surface area contributed by atoms with E-state index in [1.165, 1.54) is 18.9 Å². The zero-order valence-electron chi connectivity index (χ0n) is 11.7. The van der Waals surface area contributed by atoms with Crippen LogP contribution in [0, 0.1) is 0 Å². The van der Waals surface area contributed by atoms with Crippen molar-refractivity contribution in [3.05, 3.63) is 63.3 Å². The second-order valence-corrected chi connectivity index (χ2v) is 6.05. The van der Waals surface area contributed by atoms with E-state index in [4.69, 9.17) is 16.0 Å². The van der Waals surface area contributed by atoms with Gasteiger partial charge in [-0.15, -0.1) is 0 Å². The predicted octanol–water partition coefficient (Wildman–Crippen LogP) is 4.70. The van der Waals surface area contributed by atoms with E-state index in [-0.39, 0.29) is 11.2 Å². The molecule has 4 heteroatoms. The van der Waals surface area contributed by atoms with Crippen LogP contribution in [0.4, 0.5) is 0 Å². The number of rotatable bonds is 2. The molecule has 0 amide bonds. The lowest BCUT2D eigenvalue weighted by Gasteiger charge is -2.08. The van der Waals surface area contributed by atoms with E-state index in [2.05, 4.69) is 0 Å². The third-order valence-electron chi connectivity index (χ3n) is 4.04. The van der Waals surface area contributed by atoms with Crippen LogP contribution in [0.3, 0.4) is 0 Å². The summed E-state index contributed by atoms with van der Waals surface area (Å²) < 4.78 is 5.76. The Morgan fingerprint density at radius 3 is 2.68 bits per heavy atom. The van der Waals surface area contributed by atoms with Crippen LogP contribution in [0.5, 0.6) is 5.75 Å². The van der Waals surface area contributed by atoms with Gasteiger partial charge in [-0.2, -0.15) is 0 Å². The Bertz CT molecular complexity index is 939. The molecule has 2 aromatic carbocycles. The summed E-state index contributed by atoms with van der Waals surface area (Å²) in [6.45, 7) is 0. The van der Waals surface area contributed by atoms with E-state index >= 15 is 0 Å². The molecule has 22 heavy (non-hydrogen) atoms. The molecule has 1 heterocycles. The first-order valence-corrected chi connectivity index (χ1v) is 7.57. The number of para-hydroxylation sites is 1. The molecule has 0 radical (unpaired) electrons. The predicted molar refractivity (Wildman–Crippen MR) is 86.6 cm³/mol. The Hall–Kier alpha value is -2.26. The molecule has 3 nitrogen and oxygen atoms in total. The maximum absolute atomic E-state index is 12.2. The quantitative estimate of drug-likeness (QED) is 0.746. The van der Waals surface area contributed by atoms with Gasteiger partial charge in [0.2, 0.25) is 0 Å². The Kier molecular flexibility index (Phi) is 2.98. The summed E-state index contributed by atoms with van der Waals surface area (Å²) in [6, 6.07) is 12.0. The number of hydrogen-bond donors (Lipinski definition) is 1. The first kappa shape index (κ1) is 13.4. The molecular weight excluding hydrogens is 300 g/mol. The summed E-state index contributed by atoms with van der Waals surface area (Å²) in [5, 5.41) is 11.1. The van der Waals surface area contributed by atoms with Crippen LogP contribution in [-0.4, -0.2) is 5.11 Å². The topological polar surface area (TPSA) is 50.4 Å². The Morgan fingerprint density at radius 1 is 1.14 bits per heavy atom. The first-order valence-electron chi connectivity index (χ1n) is 7.19. The smallest absolute Gasteiger partial charge is 0.193 e. The zero-order chi connectivity index (χ0) is 15.3. The summed E-state index contributed by atoms with van der Waals surface area (Å²) >= 11 is 6.11. The van der Waals surface area contributed by atoms with Gasteiger partial charge in [0.25, 0.3) is 0 Å². The molecule has 0 atom stereocenters. The molecule has 1 aliphatic carbocycles. The molecule has 0 bridgehead atoms. The molecule has 0 aliphatic heterocycles.